The number of nitrogens with zero attached hydrogens (tertiary/aromatic N) is 6. The lowest BCUT2D eigenvalue weighted by Crippen LogP contribution is -2.38. The average Bonchev–Trinajstić information content (AvgIpc) is 3.00. The third kappa shape index (κ3) is 4.16. The smallest absolute Gasteiger partial charge is 0.273 e. The van der Waals surface area contributed by atoms with Gasteiger partial charge in [-0.05, 0) is 34.9 Å². The van der Waals surface area contributed by atoms with Crippen LogP contribution in [-0.2, 0) is 11.3 Å². The van der Waals surface area contributed by atoms with E-state index < -0.39 is 0 Å². The Morgan fingerprint density at radius 3 is 2.44 bits per heavy atom. The summed E-state index contributed by atoms with van der Waals surface area (Å²) in [6.07, 6.45) is 0. The third-order valence-corrected chi connectivity index (χ3v) is 5.18. The van der Waals surface area contributed by atoms with E-state index in [9.17, 15) is 4.79 Å². The first kappa shape index (κ1) is 19.8. The normalized spacial score (nSPS) is 17.2. The Labute approximate surface area is 162 Å². The van der Waals surface area contributed by atoms with Crippen LogP contribution in [-0.4, -0.2) is 91.7 Å². The minimum absolute atomic E-state index is 0.0156. The summed E-state index contributed by atoms with van der Waals surface area (Å²) in [5.41, 5.74) is 1.53. The van der Waals surface area contributed by atoms with Crippen LogP contribution in [0.15, 0.2) is 0 Å². The Morgan fingerprint density at radius 2 is 1.85 bits per heavy atom. The molecule has 1 fully saturated rings. The van der Waals surface area contributed by atoms with Gasteiger partial charge >= 0.3 is 0 Å². The molecule has 0 unspecified atom stereocenters. The number of amides is 1. The molecular weight excluding hydrogens is 344 g/mol. The molecule has 0 spiro atoms. The summed E-state index contributed by atoms with van der Waals surface area (Å²) in [6, 6.07) is 0.142. The van der Waals surface area contributed by atoms with Crippen molar-refractivity contribution < 1.29 is 9.53 Å². The number of anilines is 2. The van der Waals surface area contributed by atoms with Crippen molar-refractivity contribution in [2.45, 2.75) is 33.4 Å². The Kier molecular flexibility index (Phi) is 6.16. The van der Waals surface area contributed by atoms with Crippen molar-refractivity contribution in [3.05, 3.63) is 11.3 Å². The Hall–Kier alpha value is -1.93. The molecule has 1 saturated heterocycles. The van der Waals surface area contributed by atoms with Gasteiger partial charge < -0.3 is 24.3 Å². The number of carbonyl (C=O) groups excluding carboxylic acids is 1. The number of aromatic nitrogens is 2. The summed E-state index contributed by atoms with van der Waals surface area (Å²) in [5, 5.41) is 0. The molecule has 0 aromatic carbocycles. The highest BCUT2D eigenvalue weighted by atomic mass is 16.5. The molecule has 8 nitrogen and oxygen atoms in total. The summed E-state index contributed by atoms with van der Waals surface area (Å²) in [7, 11) is 4.14. The summed E-state index contributed by atoms with van der Waals surface area (Å²) in [6.45, 7) is 12.3. The molecule has 1 amide bonds. The van der Waals surface area contributed by atoms with Crippen molar-refractivity contribution in [2.24, 2.45) is 0 Å². The van der Waals surface area contributed by atoms with Crippen LogP contribution in [0.2, 0.25) is 0 Å². The molecule has 3 heterocycles. The van der Waals surface area contributed by atoms with E-state index in [1.54, 1.807) is 0 Å². The first-order chi connectivity index (χ1) is 12.9. The van der Waals surface area contributed by atoms with Gasteiger partial charge in [0.05, 0.1) is 19.8 Å². The number of morpholine rings is 1. The second kappa shape index (κ2) is 8.39. The largest absolute Gasteiger partial charge is 0.378 e. The van der Waals surface area contributed by atoms with E-state index in [0.717, 1.165) is 44.1 Å². The highest BCUT2D eigenvalue weighted by molar-refractivity contribution is 5.98. The molecule has 3 rings (SSSR count). The Bertz CT molecular complexity index is 672. The highest BCUT2D eigenvalue weighted by Crippen LogP contribution is 2.32. The van der Waals surface area contributed by atoms with E-state index in [1.165, 1.54) is 0 Å². The second-order valence-corrected chi connectivity index (χ2v) is 7.68. The van der Waals surface area contributed by atoms with Crippen LogP contribution in [0.5, 0.6) is 0 Å². The predicted molar refractivity (Wildman–Crippen MR) is 107 cm³/mol. The molecule has 0 radical (unpaired) electrons. The van der Waals surface area contributed by atoms with Gasteiger partial charge in [-0.3, -0.25) is 4.79 Å². The minimum atomic E-state index is 0.0156. The molecule has 2 aliphatic rings. The zero-order valence-corrected chi connectivity index (χ0v) is 17.2. The van der Waals surface area contributed by atoms with Crippen molar-refractivity contribution >= 4 is 17.7 Å². The zero-order valence-electron chi connectivity index (χ0n) is 17.2. The fourth-order valence-electron chi connectivity index (χ4n) is 3.48. The number of hydrogen-bond acceptors (Lipinski definition) is 7. The van der Waals surface area contributed by atoms with Crippen molar-refractivity contribution in [2.75, 3.05) is 69.8 Å². The molecule has 27 heavy (non-hydrogen) atoms. The number of rotatable bonds is 7. The predicted octanol–water partition coefficient (Wildman–Crippen LogP) is 1.07. The zero-order chi connectivity index (χ0) is 19.6. The lowest BCUT2D eigenvalue weighted by atomic mass is 10.2. The molecule has 1 aromatic rings. The quantitative estimate of drug-likeness (QED) is 0.705. The maximum absolute atomic E-state index is 13.0. The molecule has 2 aliphatic heterocycles. The van der Waals surface area contributed by atoms with Gasteiger partial charge in [0.2, 0.25) is 5.95 Å². The molecule has 150 valence electrons. The number of hydrogen-bond donors (Lipinski definition) is 0. The lowest BCUT2D eigenvalue weighted by Gasteiger charge is -2.30. The van der Waals surface area contributed by atoms with Gasteiger partial charge in [-0.25, -0.2) is 4.98 Å². The van der Waals surface area contributed by atoms with Crippen LogP contribution in [0.25, 0.3) is 0 Å². The summed E-state index contributed by atoms with van der Waals surface area (Å²) >= 11 is 0. The van der Waals surface area contributed by atoms with Crippen molar-refractivity contribution in [3.8, 4) is 0 Å². The van der Waals surface area contributed by atoms with E-state index in [4.69, 9.17) is 14.7 Å². The van der Waals surface area contributed by atoms with Crippen LogP contribution in [0.3, 0.4) is 0 Å². The molecular formula is C19H32N6O2. The highest BCUT2D eigenvalue weighted by Gasteiger charge is 2.36. The first-order valence-corrected chi connectivity index (χ1v) is 9.86. The number of ether oxygens (including phenoxy) is 1. The van der Waals surface area contributed by atoms with Crippen LogP contribution in [0, 0.1) is 0 Å². The van der Waals surface area contributed by atoms with E-state index >= 15 is 0 Å². The standard InChI is InChI=1S/C19H32N6O2/c1-6-23(8-7-22(4)5)17-15-13-25(14(2)3)18(26)16(15)20-19(21-17)24-9-11-27-12-10-24/h14H,6-13H2,1-5H3. The van der Waals surface area contributed by atoms with Gasteiger partial charge in [0.15, 0.2) is 0 Å². The van der Waals surface area contributed by atoms with E-state index in [2.05, 4.69) is 35.7 Å². The van der Waals surface area contributed by atoms with Gasteiger partial charge in [-0.1, -0.05) is 0 Å². The monoisotopic (exact) mass is 376 g/mol. The maximum Gasteiger partial charge on any atom is 0.273 e. The van der Waals surface area contributed by atoms with E-state index in [1.807, 2.05) is 18.7 Å². The maximum atomic E-state index is 13.0. The molecule has 0 bridgehead atoms. The molecule has 8 heteroatoms. The van der Waals surface area contributed by atoms with E-state index in [-0.39, 0.29) is 11.9 Å². The fraction of sp³-hybridized carbons (Fsp3) is 0.737. The van der Waals surface area contributed by atoms with Gasteiger partial charge in [-0.2, -0.15) is 4.98 Å². The van der Waals surface area contributed by atoms with Gasteiger partial charge in [0.25, 0.3) is 5.91 Å². The molecule has 1 aromatic heterocycles. The van der Waals surface area contributed by atoms with Gasteiger partial charge in [0.1, 0.15) is 11.5 Å². The number of carbonyl (C=O) groups is 1. The Morgan fingerprint density at radius 1 is 1.15 bits per heavy atom. The van der Waals surface area contributed by atoms with Gasteiger partial charge in [0, 0.05) is 44.3 Å². The summed E-state index contributed by atoms with van der Waals surface area (Å²) in [5.74, 6) is 1.57. The molecule has 0 atom stereocenters. The lowest BCUT2D eigenvalue weighted by molar-refractivity contribution is 0.0726. The second-order valence-electron chi connectivity index (χ2n) is 7.68. The van der Waals surface area contributed by atoms with Gasteiger partial charge in [-0.15, -0.1) is 0 Å². The van der Waals surface area contributed by atoms with Crippen LogP contribution >= 0.6 is 0 Å². The minimum Gasteiger partial charge on any atom is -0.378 e. The van der Waals surface area contributed by atoms with E-state index in [0.29, 0.717) is 31.4 Å². The molecule has 0 N–H and O–H groups in total. The molecule has 0 aliphatic carbocycles. The number of fused-ring (bicyclic) bond motifs is 1. The third-order valence-electron chi connectivity index (χ3n) is 5.18. The first-order valence-electron chi connectivity index (χ1n) is 9.86. The van der Waals surface area contributed by atoms with Crippen molar-refractivity contribution in [3.63, 3.8) is 0 Å². The van der Waals surface area contributed by atoms with Crippen LogP contribution in [0.1, 0.15) is 36.8 Å². The summed E-state index contributed by atoms with van der Waals surface area (Å²) in [4.78, 5) is 31.0. The van der Waals surface area contributed by atoms with Crippen molar-refractivity contribution in [1.82, 2.24) is 19.8 Å². The Balaban J connectivity index is 2.01. The fourth-order valence-corrected chi connectivity index (χ4v) is 3.48. The van der Waals surface area contributed by atoms with Crippen molar-refractivity contribution in [1.29, 1.82) is 0 Å². The van der Waals surface area contributed by atoms with Crippen LogP contribution < -0.4 is 9.80 Å². The van der Waals surface area contributed by atoms with Crippen LogP contribution in [0.4, 0.5) is 11.8 Å². The summed E-state index contributed by atoms with van der Waals surface area (Å²) < 4.78 is 5.46. The SMILES string of the molecule is CCN(CCN(C)C)c1nc(N2CCOCC2)nc2c1CN(C(C)C)C2=O. The topological polar surface area (TPSA) is 65.0 Å². The average molecular weight is 377 g/mol. The number of likely N-dealkylation sites (N-methyl/N-ethyl adjacent to an activating group) is 2. The molecule has 0 saturated carbocycles.